The standard InChI is InChI=1S/C38H62N2O4.2ClH/c1-29(2)33-21-20-32(6)35(26-33)43-37(41)27-39(7,8)23-17-15-13-11-12-14-16-18-24-40(9,10)28-38(42)44-36-25-31(5)19-22-34(36)30(3)4;;/h19-22,25-26,29-30H,11-18,23-24,27-28H2,1-10H3;2*1H/q+2;;/p-2. The van der Waals surface area contributed by atoms with Crippen molar-refractivity contribution >= 4 is 11.9 Å². The molecular formula is C38H62Cl2N2O4. The summed E-state index contributed by atoms with van der Waals surface area (Å²) in [6.07, 6.45) is 9.58. The SMILES string of the molecule is Cc1ccc(C(C)C)c(OC(=O)C[N+](C)(C)CCCCCCCCCC[N+](C)(C)CC(=O)Oc2cc(C(C)C)ccc2C)c1.[Cl-].[Cl-]. The highest BCUT2D eigenvalue weighted by Gasteiger charge is 2.23. The highest BCUT2D eigenvalue weighted by Crippen LogP contribution is 2.28. The Morgan fingerprint density at radius 1 is 0.609 bits per heavy atom. The summed E-state index contributed by atoms with van der Waals surface area (Å²) < 4.78 is 12.9. The molecule has 0 aromatic heterocycles. The van der Waals surface area contributed by atoms with Gasteiger partial charge in [-0.05, 0) is 85.8 Å². The van der Waals surface area contributed by atoms with Crippen LogP contribution in [0, 0.1) is 13.8 Å². The van der Waals surface area contributed by atoms with Crippen LogP contribution in [-0.4, -0.2) is 75.3 Å². The van der Waals surface area contributed by atoms with Gasteiger partial charge in [0, 0.05) is 0 Å². The molecule has 0 aliphatic rings. The normalized spacial score (nSPS) is 11.7. The first-order chi connectivity index (χ1) is 20.6. The van der Waals surface area contributed by atoms with Crippen molar-refractivity contribution in [2.75, 3.05) is 54.4 Å². The molecule has 0 saturated heterocycles. The van der Waals surface area contributed by atoms with Crippen LogP contribution in [0.2, 0.25) is 0 Å². The Kier molecular flexibility index (Phi) is 20.0. The summed E-state index contributed by atoms with van der Waals surface area (Å²) in [7, 11) is 8.46. The first-order valence-corrected chi connectivity index (χ1v) is 16.8. The van der Waals surface area contributed by atoms with Crippen LogP contribution in [0.5, 0.6) is 11.5 Å². The average Bonchev–Trinajstić information content (AvgIpc) is 2.89. The maximum Gasteiger partial charge on any atom is 0.367 e. The second kappa shape index (κ2) is 21.0. The van der Waals surface area contributed by atoms with Gasteiger partial charge in [0.05, 0.1) is 41.3 Å². The second-order valence-electron chi connectivity index (χ2n) is 14.8. The van der Waals surface area contributed by atoms with Gasteiger partial charge < -0.3 is 43.3 Å². The van der Waals surface area contributed by atoms with E-state index in [1.807, 2.05) is 32.0 Å². The fourth-order valence-electron chi connectivity index (χ4n) is 5.60. The van der Waals surface area contributed by atoms with Crippen LogP contribution in [0.4, 0.5) is 0 Å². The summed E-state index contributed by atoms with van der Waals surface area (Å²) in [5, 5.41) is 0. The number of esters is 2. The summed E-state index contributed by atoms with van der Waals surface area (Å²) in [4.78, 5) is 25.4. The van der Waals surface area contributed by atoms with Gasteiger partial charge in [-0.1, -0.05) is 77.6 Å². The molecule has 0 spiro atoms. The first-order valence-electron chi connectivity index (χ1n) is 16.8. The smallest absolute Gasteiger partial charge is 0.367 e. The molecule has 0 radical (unpaired) electrons. The number of carbonyl (C=O) groups is 2. The zero-order valence-electron chi connectivity index (χ0n) is 30.4. The fraction of sp³-hybridized carbons (Fsp3) is 0.632. The van der Waals surface area contributed by atoms with Gasteiger partial charge in [0.2, 0.25) is 0 Å². The molecule has 2 aromatic carbocycles. The number of unbranched alkanes of at least 4 members (excludes halogenated alkanes) is 7. The number of benzene rings is 2. The van der Waals surface area contributed by atoms with Crippen molar-refractivity contribution in [1.82, 2.24) is 0 Å². The third-order valence-corrected chi connectivity index (χ3v) is 8.51. The quantitative estimate of drug-likeness (QED) is 0.0990. The van der Waals surface area contributed by atoms with Gasteiger partial charge in [-0.3, -0.25) is 0 Å². The molecule has 0 atom stereocenters. The van der Waals surface area contributed by atoms with Crippen LogP contribution in [0.1, 0.15) is 113 Å². The molecule has 0 aliphatic carbocycles. The minimum Gasteiger partial charge on any atom is -1.00 e. The zero-order valence-corrected chi connectivity index (χ0v) is 31.9. The Balaban J connectivity index is 0.0000101. The highest BCUT2D eigenvalue weighted by molar-refractivity contribution is 5.74. The van der Waals surface area contributed by atoms with Gasteiger partial charge in [-0.2, -0.15) is 0 Å². The van der Waals surface area contributed by atoms with Crippen molar-refractivity contribution in [2.45, 2.75) is 105 Å². The zero-order chi connectivity index (χ0) is 32.9. The minimum absolute atomic E-state index is 0. The van der Waals surface area contributed by atoms with E-state index in [1.165, 1.54) is 44.1 Å². The number of likely N-dealkylation sites (N-methyl/N-ethyl adjacent to an activating group) is 2. The molecule has 0 saturated carbocycles. The summed E-state index contributed by atoms with van der Waals surface area (Å²) in [5.74, 6) is 1.78. The van der Waals surface area contributed by atoms with E-state index in [0.29, 0.717) is 45.4 Å². The Morgan fingerprint density at radius 3 is 1.52 bits per heavy atom. The molecule has 0 fully saturated rings. The van der Waals surface area contributed by atoms with Crippen molar-refractivity contribution in [3.05, 3.63) is 58.7 Å². The number of halogens is 2. The van der Waals surface area contributed by atoms with Gasteiger partial charge in [0.1, 0.15) is 11.5 Å². The molecule has 6 nitrogen and oxygen atoms in total. The summed E-state index contributed by atoms with van der Waals surface area (Å²) in [6.45, 7) is 15.3. The van der Waals surface area contributed by atoms with E-state index < -0.39 is 0 Å². The third kappa shape index (κ3) is 16.6. The Labute approximate surface area is 293 Å². The number of rotatable bonds is 19. The predicted molar refractivity (Wildman–Crippen MR) is 182 cm³/mol. The van der Waals surface area contributed by atoms with Crippen molar-refractivity contribution in [1.29, 1.82) is 0 Å². The first kappa shape index (κ1) is 43.9. The van der Waals surface area contributed by atoms with Gasteiger partial charge in [0.15, 0.2) is 13.1 Å². The van der Waals surface area contributed by atoms with E-state index in [-0.39, 0.29) is 36.8 Å². The lowest BCUT2D eigenvalue weighted by Gasteiger charge is -2.29. The van der Waals surface area contributed by atoms with Crippen LogP contribution in [0.25, 0.3) is 0 Å². The van der Waals surface area contributed by atoms with Crippen molar-refractivity contribution < 1.29 is 52.8 Å². The van der Waals surface area contributed by atoms with Gasteiger partial charge in [0.25, 0.3) is 0 Å². The summed E-state index contributed by atoms with van der Waals surface area (Å²) in [6, 6.07) is 12.3. The number of carbonyl (C=O) groups excluding carboxylic acids is 2. The maximum absolute atomic E-state index is 12.7. The van der Waals surface area contributed by atoms with Gasteiger partial charge in [-0.25, -0.2) is 9.59 Å². The molecule has 8 heteroatoms. The second-order valence-corrected chi connectivity index (χ2v) is 14.8. The fourth-order valence-corrected chi connectivity index (χ4v) is 5.60. The van der Waals surface area contributed by atoms with E-state index in [9.17, 15) is 9.59 Å². The van der Waals surface area contributed by atoms with Crippen LogP contribution < -0.4 is 34.3 Å². The molecule has 0 amide bonds. The summed E-state index contributed by atoms with van der Waals surface area (Å²) in [5.41, 5.74) is 4.36. The molecule has 0 bridgehead atoms. The van der Waals surface area contributed by atoms with E-state index in [1.54, 1.807) is 0 Å². The lowest BCUT2D eigenvalue weighted by molar-refractivity contribution is -0.883. The van der Waals surface area contributed by atoms with Crippen molar-refractivity contribution in [3.8, 4) is 11.5 Å². The van der Waals surface area contributed by atoms with Gasteiger partial charge in [-0.15, -0.1) is 0 Å². The lowest BCUT2D eigenvalue weighted by atomic mass is 10.0. The molecule has 2 aromatic rings. The van der Waals surface area contributed by atoms with Gasteiger partial charge >= 0.3 is 11.9 Å². The highest BCUT2D eigenvalue weighted by atomic mass is 35.5. The Bertz CT molecular complexity index is 1210. The molecule has 262 valence electrons. The van der Waals surface area contributed by atoms with Crippen LogP contribution >= 0.6 is 0 Å². The molecule has 0 unspecified atom stereocenters. The number of hydrogen-bond donors (Lipinski definition) is 0. The Morgan fingerprint density at radius 2 is 1.07 bits per heavy atom. The number of quaternary nitrogens is 2. The van der Waals surface area contributed by atoms with E-state index in [4.69, 9.17) is 9.47 Å². The Hall–Kier alpha value is -2.12. The molecule has 2 rings (SSSR count). The van der Waals surface area contributed by atoms with E-state index in [2.05, 4.69) is 74.1 Å². The van der Waals surface area contributed by atoms with Crippen LogP contribution in [0.3, 0.4) is 0 Å². The van der Waals surface area contributed by atoms with Crippen LogP contribution in [0.15, 0.2) is 36.4 Å². The topological polar surface area (TPSA) is 52.6 Å². The number of ether oxygens (including phenoxy) is 2. The molecule has 0 aliphatic heterocycles. The number of aryl methyl sites for hydroxylation is 2. The number of hydrogen-bond acceptors (Lipinski definition) is 4. The van der Waals surface area contributed by atoms with Crippen molar-refractivity contribution in [2.24, 2.45) is 0 Å². The third-order valence-electron chi connectivity index (χ3n) is 8.51. The monoisotopic (exact) mass is 680 g/mol. The largest absolute Gasteiger partial charge is 1.00 e. The van der Waals surface area contributed by atoms with E-state index in [0.717, 1.165) is 42.6 Å². The molecule has 0 heterocycles. The van der Waals surface area contributed by atoms with Crippen molar-refractivity contribution in [3.63, 3.8) is 0 Å². The predicted octanol–water partition coefficient (Wildman–Crippen LogP) is 2.34. The maximum atomic E-state index is 12.7. The lowest BCUT2D eigenvalue weighted by Crippen LogP contribution is -3.00. The van der Waals surface area contributed by atoms with E-state index >= 15 is 0 Å². The molecule has 46 heavy (non-hydrogen) atoms. The number of nitrogens with zero attached hydrogens (tertiary/aromatic N) is 2. The molecule has 0 N–H and O–H groups in total. The average molecular weight is 682 g/mol. The summed E-state index contributed by atoms with van der Waals surface area (Å²) >= 11 is 0. The van der Waals surface area contributed by atoms with Crippen LogP contribution in [-0.2, 0) is 9.59 Å². The molecular weight excluding hydrogens is 619 g/mol. The minimum atomic E-state index is -0.163.